The average Bonchev–Trinajstić information content (AvgIpc) is 2.42. The molecule has 2 aromatic heterocycles. The number of hydrogen-bond donors (Lipinski definition) is 2. The first-order chi connectivity index (χ1) is 7.38. The van der Waals surface area contributed by atoms with E-state index >= 15 is 0 Å². The van der Waals surface area contributed by atoms with E-state index in [-0.39, 0.29) is 5.65 Å². The molecule has 16 heavy (non-hydrogen) atoms. The van der Waals surface area contributed by atoms with Crippen LogP contribution in [0, 0.1) is 0 Å². The highest BCUT2D eigenvalue weighted by atomic mass is 19.4. The third-order valence-electron chi connectivity index (χ3n) is 1.91. The maximum Gasteiger partial charge on any atom is 0.406 e. The summed E-state index contributed by atoms with van der Waals surface area (Å²) in [6, 6.07) is 0. The smallest absolute Gasteiger partial charge is 0.311 e. The lowest BCUT2D eigenvalue weighted by atomic mass is 10.5. The van der Waals surface area contributed by atoms with Crippen molar-refractivity contribution in [3.8, 4) is 0 Å². The van der Waals surface area contributed by atoms with Crippen molar-refractivity contribution in [1.82, 2.24) is 19.5 Å². The molecule has 0 fully saturated rings. The van der Waals surface area contributed by atoms with E-state index in [0.29, 0.717) is 4.57 Å². The minimum Gasteiger partial charge on any atom is -0.311 e. The van der Waals surface area contributed by atoms with Crippen molar-refractivity contribution < 1.29 is 13.2 Å². The fourth-order valence-corrected chi connectivity index (χ4v) is 1.33. The number of hydrogen-bond acceptors (Lipinski definition) is 3. The van der Waals surface area contributed by atoms with Crippen LogP contribution in [-0.2, 0) is 6.54 Å². The van der Waals surface area contributed by atoms with Crippen LogP contribution in [0.1, 0.15) is 0 Å². The van der Waals surface area contributed by atoms with Crippen molar-refractivity contribution in [2.75, 3.05) is 0 Å². The molecule has 0 unspecified atom stereocenters. The van der Waals surface area contributed by atoms with Gasteiger partial charge in [0.2, 0.25) is 0 Å². The van der Waals surface area contributed by atoms with Gasteiger partial charge >= 0.3 is 11.9 Å². The standard InChI is InChI=1S/C7H5F3N4O2/c8-7(9,10)1-14-3-4(13-6(14)16)11-2-12-5(3)15/h2H,1H2,(H2,11,12,13,15,16). The molecular weight excluding hydrogens is 229 g/mol. The molecule has 0 bridgehead atoms. The van der Waals surface area contributed by atoms with Crippen LogP contribution in [0.3, 0.4) is 0 Å². The zero-order chi connectivity index (χ0) is 11.9. The van der Waals surface area contributed by atoms with E-state index in [2.05, 4.69) is 15.0 Å². The lowest BCUT2D eigenvalue weighted by Crippen LogP contribution is -2.28. The summed E-state index contributed by atoms with van der Waals surface area (Å²) in [7, 11) is 0. The molecule has 0 spiro atoms. The molecule has 0 aliphatic heterocycles. The molecule has 6 nitrogen and oxygen atoms in total. The van der Waals surface area contributed by atoms with Crippen molar-refractivity contribution in [1.29, 1.82) is 0 Å². The van der Waals surface area contributed by atoms with Gasteiger partial charge in [0.25, 0.3) is 5.56 Å². The maximum atomic E-state index is 12.2. The minimum atomic E-state index is -4.58. The molecule has 0 amide bonds. The number of H-pyrrole nitrogens is 2. The summed E-state index contributed by atoms with van der Waals surface area (Å²) >= 11 is 0. The van der Waals surface area contributed by atoms with Gasteiger partial charge in [0.05, 0.1) is 6.33 Å². The van der Waals surface area contributed by atoms with Gasteiger partial charge in [-0.25, -0.2) is 9.78 Å². The first kappa shape index (κ1) is 10.5. The van der Waals surface area contributed by atoms with Crippen molar-refractivity contribution >= 4 is 11.2 Å². The van der Waals surface area contributed by atoms with Crippen LogP contribution in [0.5, 0.6) is 0 Å². The molecule has 0 saturated heterocycles. The summed E-state index contributed by atoms with van der Waals surface area (Å²) < 4.78 is 36.8. The molecule has 0 aromatic carbocycles. The molecule has 0 saturated carbocycles. The van der Waals surface area contributed by atoms with Crippen molar-refractivity contribution in [3.63, 3.8) is 0 Å². The molecule has 9 heteroatoms. The Balaban J connectivity index is 2.74. The van der Waals surface area contributed by atoms with Gasteiger partial charge in [0, 0.05) is 0 Å². The molecule has 2 N–H and O–H groups in total. The van der Waals surface area contributed by atoms with E-state index in [4.69, 9.17) is 0 Å². The third kappa shape index (κ3) is 1.71. The van der Waals surface area contributed by atoms with Crippen LogP contribution in [0.4, 0.5) is 13.2 Å². The van der Waals surface area contributed by atoms with Gasteiger partial charge in [-0.05, 0) is 0 Å². The highest BCUT2D eigenvalue weighted by molar-refractivity contribution is 5.68. The van der Waals surface area contributed by atoms with Crippen LogP contribution >= 0.6 is 0 Å². The van der Waals surface area contributed by atoms with E-state index in [0.717, 1.165) is 6.33 Å². The molecule has 86 valence electrons. The van der Waals surface area contributed by atoms with Gasteiger partial charge < -0.3 is 4.98 Å². The monoisotopic (exact) mass is 234 g/mol. The summed E-state index contributed by atoms with van der Waals surface area (Å²) in [6.07, 6.45) is -3.58. The zero-order valence-corrected chi connectivity index (χ0v) is 7.63. The highest BCUT2D eigenvalue weighted by Gasteiger charge is 2.30. The maximum absolute atomic E-state index is 12.2. The summed E-state index contributed by atoms with van der Waals surface area (Å²) in [5.74, 6) is 0. The van der Waals surface area contributed by atoms with E-state index in [9.17, 15) is 22.8 Å². The number of fused-ring (bicyclic) bond motifs is 1. The van der Waals surface area contributed by atoms with Crippen molar-refractivity contribution in [3.05, 3.63) is 27.2 Å². The quantitative estimate of drug-likeness (QED) is 0.727. The number of aromatic amines is 2. The number of rotatable bonds is 1. The first-order valence-corrected chi connectivity index (χ1v) is 4.11. The van der Waals surface area contributed by atoms with Crippen LogP contribution < -0.4 is 11.2 Å². The predicted octanol–water partition coefficient (Wildman–Crippen LogP) is -0.0248. The second-order valence-electron chi connectivity index (χ2n) is 3.06. The molecule has 2 aromatic rings. The van der Waals surface area contributed by atoms with E-state index in [1.807, 2.05) is 0 Å². The molecule has 2 heterocycles. The van der Waals surface area contributed by atoms with Gasteiger partial charge in [-0.1, -0.05) is 0 Å². The second kappa shape index (κ2) is 3.22. The lowest BCUT2D eigenvalue weighted by molar-refractivity contribution is -0.140. The third-order valence-corrected chi connectivity index (χ3v) is 1.91. The molecule has 0 aliphatic rings. The number of aromatic nitrogens is 4. The van der Waals surface area contributed by atoms with E-state index in [1.165, 1.54) is 0 Å². The molecule has 0 radical (unpaired) electrons. The van der Waals surface area contributed by atoms with Gasteiger partial charge in [-0.3, -0.25) is 14.3 Å². The van der Waals surface area contributed by atoms with Crippen LogP contribution in [0.15, 0.2) is 15.9 Å². The SMILES string of the molecule is O=c1[nH]cnc2[nH]c(=O)n(CC(F)(F)F)c12. The van der Waals surface area contributed by atoms with E-state index in [1.54, 1.807) is 0 Å². The molecular formula is C7H5F3N4O2. The first-order valence-electron chi connectivity index (χ1n) is 4.11. The number of alkyl halides is 3. The number of nitrogens with one attached hydrogen (secondary N) is 2. The van der Waals surface area contributed by atoms with Crippen molar-refractivity contribution in [2.24, 2.45) is 0 Å². The molecule has 0 atom stereocenters. The fraction of sp³-hybridized carbons (Fsp3) is 0.286. The summed E-state index contributed by atoms with van der Waals surface area (Å²) in [5, 5.41) is 0. The highest BCUT2D eigenvalue weighted by Crippen LogP contribution is 2.17. The Bertz CT molecular complexity index is 635. The Morgan fingerprint density at radius 1 is 1.38 bits per heavy atom. The summed E-state index contributed by atoms with van der Waals surface area (Å²) in [4.78, 5) is 30.2. The normalized spacial score (nSPS) is 12.2. The van der Waals surface area contributed by atoms with Crippen molar-refractivity contribution in [2.45, 2.75) is 12.7 Å². The molecule has 2 rings (SSSR count). The Morgan fingerprint density at radius 3 is 2.69 bits per heavy atom. The molecule has 0 aliphatic carbocycles. The van der Waals surface area contributed by atoms with Gasteiger partial charge in [0.15, 0.2) is 11.2 Å². The average molecular weight is 234 g/mol. The topological polar surface area (TPSA) is 83.5 Å². The Morgan fingerprint density at radius 2 is 2.06 bits per heavy atom. The van der Waals surface area contributed by atoms with Crippen LogP contribution in [0.25, 0.3) is 11.2 Å². The van der Waals surface area contributed by atoms with Gasteiger partial charge in [-0.2, -0.15) is 13.2 Å². The zero-order valence-electron chi connectivity index (χ0n) is 7.63. The fourth-order valence-electron chi connectivity index (χ4n) is 1.33. The minimum absolute atomic E-state index is 0.169. The van der Waals surface area contributed by atoms with Crippen LogP contribution in [0.2, 0.25) is 0 Å². The number of imidazole rings is 1. The second-order valence-corrected chi connectivity index (χ2v) is 3.06. The number of nitrogens with zero attached hydrogens (tertiary/aromatic N) is 2. The van der Waals surface area contributed by atoms with Gasteiger partial charge in [0.1, 0.15) is 6.54 Å². The Kier molecular flexibility index (Phi) is 2.10. The lowest BCUT2D eigenvalue weighted by Gasteiger charge is -2.05. The van der Waals surface area contributed by atoms with Crippen LogP contribution in [-0.4, -0.2) is 25.7 Å². The number of halogens is 3. The Labute approximate surface area is 84.7 Å². The van der Waals surface area contributed by atoms with E-state index < -0.39 is 29.5 Å². The predicted molar refractivity (Wildman–Crippen MR) is 47.0 cm³/mol. The Hall–Kier alpha value is -2.06. The van der Waals surface area contributed by atoms with Gasteiger partial charge in [-0.15, -0.1) is 0 Å². The summed E-state index contributed by atoms with van der Waals surface area (Å²) in [5.41, 5.74) is -2.40. The summed E-state index contributed by atoms with van der Waals surface area (Å²) in [6.45, 7) is -1.53. The largest absolute Gasteiger partial charge is 0.406 e.